The van der Waals surface area contributed by atoms with Gasteiger partial charge in [0.25, 0.3) is 0 Å². The van der Waals surface area contributed by atoms with Gasteiger partial charge in [-0.15, -0.1) is 0 Å². The monoisotopic (exact) mass is 438 g/mol. The first-order chi connectivity index (χ1) is 15.3. The SMILES string of the molecule is O=C1C[C@@H](c2cc(F)c(F)c(F)c2)c2c(cc(O)c3c(=O)c(-c4ccccc4)coc23)O1. The minimum Gasteiger partial charge on any atom is -0.507 e. The lowest BCUT2D eigenvalue weighted by Crippen LogP contribution is -2.22. The van der Waals surface area contributed by atoms with Crippen LogP contribution < -0.4 is 10.2 Å². The van der Waals surface area contributed by atoms with Gasteiger partial charge in [0.15, 0.2) is 17.5 Å². The molecule has 0 bridgehead atoms. The lowest BCUT2D eigenvalue weighted by molar-refractivity contribution is -0.135. The molecule has 0 spiro atoms. The Balaban J connectivity index is 1.80. The molecule has 4 aromatic rings. The number of benzene rings is 3. The number of phenolic OH excluding ortho intramolecular Hbond substituents is 1. The van der Waals surface area contributed by atoms with Crippen LogP contribution in [0.1, 0.15) is 23.5 Å². The number of carbonyl (C=O) groups is 1. The molecule has 2 heterocycles. The number of carbonyl (C=O) groups excluding carboxylic acids is 1. The molecule has 0 aliphatic carbocycles. The van der Waals surface area contributed by atoms with Crippen LogP contribution in [0.15, 0.2) is 64.0 Å². The van der Waals surface area contributed by atoms with E-state index in [4.69, 9.17) is 9.15 Å². The second-order valence-corrected chi connectivity index (χ2v) is 7.39. The van der Waals surface area contributed by atoms with Gasteiger partial charge in [-0.05, 0) is 23.3 Å². The number of hydrogen-bond donors (Lipinski definition) is 1. The van der Waals surface area contributed by atoms with Crippen molar-refractivity contribution in [2.45, 2.75) is 12.3 Å². The smallest absolute Gasteiger partial charge is 0.312 e. The summed E-state index contributed by atoms with van der Waals surface area (Å²) in [6, 6.07) is 11.3. The van der Waals surface area contributed by atoms with E-state index in [1.54, 1.807) is 30.3 Å². The fourth-order valence-corrected chi connectivity index (χ4v) is 4.01. The van der Waals surface area contributed by atoms with Crippen LogP contribution in [-0.2, 0) is 4.79 Å². The number of phenols is 1. The van der Waals surface area contributed by atoms with Crippen LogP contribution in [0.3, 0.4) is 0 Å². The second kappa shape index (κ2) is 7.26. The fourth-order valence-electron chi connectivity index (χ4n) is 4.01. The Morgan fingerprint density at radius 2 is 1.66 bits per heavy atom. The van der Waals surface area contributed by atoms with Gasteiger partial charge in [0, 0.05) is 17.5 Å². The van der Waals surface area contributed by atoms with E-state index in [1.807, 2.05) is 0 Å². The standard InChI is InChI=1S/C24H13F3O5/c25-15-6-12(7-16(26)22(15)27)13-8-19(29)32-18-9-17(28)21-23(30)14(10-31-24(21)20(13)18)11-4-2-1-3-5-11/h1-7,9-10,13,28H,8H2/t13-/m0/s1. The van der Waals surface area contributed by atoms with E-state index < -0.39 is 40.5 Å². The average Bonchev–Trinajstić information content (AvgIpc) is 2.77. The first-order valence-electron chi connectivity index (χ1n) is 9.57. The summed E-state index contributed by atoms with van der Waals surface area (Å²) in [5, 5.41) is 10.4. The predicted molar refractivity (Wildman–Crippen MR) is 108 cm³/mol. The van der Waals surface area contributed by atoms with Crippen molar-refractivity contribution >= 4 is 16.9 Å². The van der Waals surface area contributed by atoms with Gasteiger partial charge in [0.05, 0.1) is 12.0 Å². The van der Waals surface area contributed by atoms with Crippen molar-refractivity contribution in [2.24, 2.45) is 0 Å². The molecule has 1 aromatic heterocycles. The lowest BCUT2D eigenvalue weighted by Gasteiger charge is -2.26. The van der Waals surface area contributed by atoms with Gasteiger partial charge in [0.2, 0.25) is 5.43 Å². The molecule has 0 unspecified atom stereocenters. The first-order valence-corrected chi connectivity index (χ1v) is 9.57. The third kappa shape index (κ3) is 3.03. The van der Waals surface area contributed by atoms with E-state index in [9.17, 15) is 27.9 Å². The van der Waals surface area contributed by atoms with Gasteiger partial charge in [0.1, 0.15) is 28.7 Å². The van der Waals surface area contributed by atoms with Crippen LogP contribution in [0.2, 0.25) is 0 Å². The molecule has 0 saturated heterocycles. The minimum absolute atomic E-state index is 0.0407. The molecule has 5 nitrogen and oxygen atoms in total. The molecule has 0 saturated carbocycles. The molecule has 32 heavy (non-hydrogen) atoms. The molecule has 5 rings (SSSR count). The predicted octanol–water partition coefficient (Wildman–Crippen LogP) is 5.02. The maximum Gasteiger partial charge on any atom is 0.312 e. The molecular weight excluding hydrogens is 425 g/mol. The highest BCUT2D eigenvalue weighted by Gasteiger charge is 2.34. The third-order valence-corrected chi connectivity index (χ3v) is 5.46. The molecule has 1 aliphatic rings. The average molecular weight is 438 g/mol. The quantitative estimate of drug-likeness (QED) is 0.270. The van der Waals surface area contributed by atoms with Crippen LogP contribution in [0.25, 0.3) is 22.1 Å². The van der Waals surface area contributed by atoms with E-state index in [0.717, 1.165) is 18.2 Å². The highest BCUT2D eigenvalue weighted by Crippen LogP contribution is 2.46. The molecule has 1 N–H and O–H groups in total. The Bertz CT molecular complexity index is 1440. The Kier molecular flexibility index (Phi) is 4.51. The highest BCUT2D eigenvalue weighted by atomic mass is 19.2. The van der Waals surface area contributed by atoms with Gasteiger partial charge >= 0.3 is 5.97 Å². The second-order valence-electron chi connectivity index (χ2n) is 7.39. The number of rotatable bonds is 2. The van der Waals surface area contributed by atoms with Gasteiger partial charge in [-0.1, -0.05) is 30.3 Å². The molecular formula is C24H13F3O5. The van der Waals surface area contributed by atoms with E-state index in [1.165, 1.54) is 6.26 Å². The number of aromatic hydroxyl groups is 1. The van der Waals surface area contributed by atoms with Crippen LogP contribution in [0.5, 0.6) is 11.5 Å². The Morgan fingerprint density at radius 3 is 2.34 bits per heavy atom. The van der Waals surface area contributed by atoms with Crippen molar-refractivity contribution in [3.8, 4) is 22.6 Å². The van der Waals surface area contributed by atoms with Crippen LogP contribution in [0.4, 0.5) is 13.2 Å². The first kappa shape index (κ1) is 19.9. The summed E-state index contributed by atoms with van der Waals surface area (Å²) in [5.74, 6) is -6.79. The zero-order valence-corrected chi connectivity index (χ0v) is 16.2. The van der Waals surface area contributed by atoms with E-state index in [-0.39, 0.29) is 39.8 Å². The zero-order chi connectivity index (χ0) is 22.6. The number of esters is 1. The summed E-state index contributed by atoms with van der Waals surface area (Å²) in [6.07, 6.45) is 0.876. The summed E-state index contributed by atoms with van der Waals surface area (Å²) in [7, 11) is 0. The normalized spacial score (nSPS) is 15.5. The van der Waals surface area contributed by atoms with Gasteiger partial charge in [-0.2, -0.15) is 0 Å². The summed E-state index contributed by atoms with van der Waals surface area (Å²) >= 11 is 0. The number of ether oxygens (including phenoxy) is 1. The van der Waals surface area contributed by atoms with Crippen molar-refractivity contribution in [1.82, 2.24) is 0 Å². The van der Waals surface area contributed by atoms with Crippen LogP contribution >= 0.6 is 0 Å². The maximum atomic E-state index is 13.9. The number of hydrogen-bond acceptors (Lipinski definition) is 5. The molecule has 0 amide bonds. The van der Waals surface area contributed by atoms with Gasteiger partial charge in [-0.25, -0.2) is 13.2 Å². The topological polar surface area (TPSA) is 76.7 Å². The highest BCUT2D eigenvalue weighted by molar-refractivity contribution is 5.94. The van der Waals surface area contributed by atoms with Crippen molar-refractivity contribution in [3.63, 3.8) is 0 Å². The van der Waals surface area contributed by atoms with Gasteiger partial charge < -0.3 is 14.3 Å². The van der Waals surface area contributed by atoms with Crippen molar-refractivity contribution in [2.75, 3.05) is 0 Å². The summed E-state index contributed by atoms with van der Waals surface area (Å²) in [4.78, 5) is 25.3. The van der Waals surface area contributed by atoms with Gasteiger partial charge in [-0.3, -0.25) is 9.59 Å². The Labute approximate surface area is 178 Å². The van der Waals surface area contributed by atoms with Crippen LogP contribution in [0, 0.1) is 17.5 Å². The van der Waals surface area contributed by atoms with Crippen molar-refractivity contribution in [3.05, 3.63) is 93.6 Å². The number of fused-ring (bicyclic) bond motifs is 3. The third-order valence-electron chi connectivity index (χ3n) is 5.46. The van der Waals surface area contributed by atoms with E-state index in [2.05, 4.69) is 0 Å². The maximum absolute atomic E-state index is 13.9. The fraction of sp³-hybridized carbons (Fsp3) is 0.0833. The number of halogens is 3. The van der Waals surface area contributed by atoms with Crippen molar-refractivity contribution < 1.29 is 32.2 Å². The Morgan fingerprint density at radius 1 is 0.969 bits per heavy atom. The molecule has 3 aromatic carbocycles. The zero-order valence-electron chi connectivity index (χ0n) is 16.2. The van der Waals surface area contributed by atoms with Crippen LogP contribution in [-0.4, -0.2) is 11.1 Å². The molecule has 1 aliphatic heterocycles. The van der Waals surface area contributed by atoms with Crippen molar-refractivity contribution in [1.29, 1.82) is 0 Å². The minimum atomic E-state index is -1.64. The summed E-state index contributed by atoms with van der Waals surface area (Å²) in [6.45, 7) is 0. The Hall–Kier alpha value is -4.07. The molecule has 0 fully saturated rings. The molecule has 0 radical (unpaired) electrons. The molecule has 160 valence electrons. The summed E-state index contributed by atoms with van der Waals surface area (Å²) in [5.41, 5.74) is 0.236. The van der Waals surface area contributed by atoms with E-state index >= 15 is 0 Å². The largest absolute Gasteiger partial charge is 0.507 e. The summed E-state index contributed by atoms with van der Waals surface area (Å²) < 4.78 is 52.2. The van der Waals surface area contributed by atoms with E-state index in [0.29, 0.717) is 5.56 Å². The molecule has 8 heteroatoms. The molecule has 1 atom stereocenters. The lowest BCUT2D eigenvalue weighted by atomic mass is 9.84.